The first kappa shape index (κ1) is 17.3. The molecule has 0 aromatic heterocycles. The molecule has 1 N–H and O–H groups in total. The zero-order chi connectivity index (χ0) is 13.5. The van der Waals surface area contributed by atoms with Crippen molar-refractivity contribution < 1.29 is 4.74 Å². The predicted molar refractivity (Wildman–Crippen MR) is 86.8 cm³/mol. The molecule has 0 radical (unpaired) electrons. The molecule has 0 aliphatic carbocycles. The van der Waals surface area contributed by atoms with E-state index < -0.39 is 0 Å². The Kier molecular flexibility index (Phi) is 7.97. The number of methoxy groups -OCH3 is 1. The molecule has 3 nitrogen and oxygen atoms in total. The van der Waals surface area contributed by atoms with E-state index in [-0.39, 0.29) is 12.4 Å². The van der Waals surface area contributed by atoms with Gasteiger partial charge in [0.05, 0.1) is 7.11 Å². The average molecular weight is 299 g/mol. The summed E-state index contributed by atoms with van der Waals surface area (Å²) in [4.78, 5) is 2.64. The van der Waals surface area contributed by atoms with Crippen LogP contribution in [0.15, 0.2) is 24.3 Å². The third-order valence-electron chi connectivity index (χ3n) is 3.88. The van der Waals surface area contributed by atoms with Crippen molar-refractivity contribution in [2.75, 3.05) is 26.7 Å². The van der Waals surface area contributed by atoms with Crippen LogP contribution in [-0.2, 0) is 6.54 Å². The fourth-order valence-corrected chi connectivity index (χ4v) is 2.82. The monoisotopic (exact) mass is 298 g/mol. The standard InChI is InChI=1S/C16H26N2O.ClH/c1-3-12-18(15-8-10-17-11-9-15)13-14-4-6-16(19-2)7-5-14;/h4-7,15,17H,3,8-13H2,1-2H3;1H. The quantitative estimate of drug-likeness (QED) is 0.873. The SMILES string of the molecule is CCCN(Cc1ccc(OC)cc1)C1CCNCC1.Cl. The zero-order valence-corrected chi connectivity index (χ0v) is 13.4. The Morgan fingerprint density at radius 3 is 2.40 bits per heavy atom. The van der Waals surface area contributed by atoms with Crippen LogP contribution >= 0.6 is 12.4 Å². The first-order valence-corrected chi connectivity index (χ1v) is 7.41. The van der Waals surface area contributed by atoms with Crippen LogP contribution in [0, 0.1) is 0 Å². The minimum Gasteiger partial charge on any atom is -0.497 e. The van der Waals surface area contributed by atoms with E-state index in [0.29, 0.717) is 0 Å². The Morgan fingerprint density at radius 1 is 1.20 bits per heavy atom. The first-order chi connectivity index (χ1) is 9.33. The Balaban J connectivity index is 0.00000200. The van der Waals surface area contributed by atoms with Crippen molar-refractivity contribution in [3.05, 3.63) is 29.8 Å². The lowest BCUT2D eigenvalue weighted by Crippen LogP contribution is -2.43. The maximum absolute atomic E-state index is 5.22. The Morgan fingerprint density at radius 2 is 1.85 bits per heavy atom. The molecule has 1 aliphatic heterocycles. The second-order valence-corrected chi connectivity index (χ2v) is 5.30. The van der Waals surface area contributed by atoms with Crippen molar-refractivity contribution in [1.82, 2.24) is 10.2 Å². The summed E-state index contributed by atoms with van der Waals surface area (Å²) in [5.74, 6) is 0.938. The molecule has 2 rings (SSSR count). The number of hydrogen-bond acceptors (Lipinski definition) is 3. The van der Waals surface area contributed by atoms with Gasteiger partial charge < -0.3 is 10.1 Å². The van der Waals surface area contributed by atoms with Gasteiger partial charge >= 0.3 is 0 Å². The Hall–Kier alpha value is -0.770. The number of nitrogens with zero attached hydrogens (tertiary/aromatic N) is 1. The van der Waals surface area contributed by atoms with Gasteiger partial charge in [0.1, 0.15) is 5.75 Å². The second kappa shape index (κ2) is 9.22. The number of piperidine rings is 1. The molecular weight excluding hydrogens is 272 g/mol. The second-order valence-electron chi connectivity index (χ2n) is 5.30. The summed E-state index contributed by atoms with van der Waals surface area (Å²) in [5, 5.41) is 3.45. The zero-order valence-electron chi connectivity index (χ0n) is 12.6. The Labute approximate surface area is 129 Å². The summed E-state index contributed by atoms with van der Waals surface area (Å²) in [6, 6.07) is 9.22. The van der Waals surface area contributed by atoms with Crippen LogP contribution < -0.4 is 10.1 Å². The van der Waals surface area contributed by atoms with Crippen LogP contribution in [-0.4, -0.2) is 37.7 Å². The molecule has 0 saturated carbocycles. The van der Waals surface area contributed by atoms with Gasteiger partial charge in [0.25, 0.3) is 0 Å². The predicted octanol–water partition coefficient (Wildman–Crippen LogP) is 3.08. The summed E-state index contributed by atoms with van der Waals surface area (Å²) in [5.41, 5.74) is 1.38. The van der Waals surface area contributed by atoms with E-state index in [1.54, 1.807) is 7.11 Å². The molecule has 0 unspecified atom stereocenters. The molecule has 0 amide bonds. The van der Waals surface area contributed by atoms with Crippen LogP contribution in [0.4, 0.5) is 0 Å². The molecule has 20 heavy (non-hydrogen) atoms. The number of rotatable bonds is 6. The summed E-state index contributed by atoms with van der Waals surface area (Å²) in [6.45, 7) is 6.84. The van der Waals surface area contributed by atoms with Crippen LogP contribution in [0.25, 0.3) is 0 Å². The number of benzene rings is 1. The van der Waals surface area contributed by atoms with Crippen LogP contribution in [0.2, 0.25) is 0 Å². The number of nitrogens with one attached hydrogen (secondary N) is 1. The van der Waals surface area contributed by atoms with Gasteiger partial charge in [0.15, 0.2) is 0 Å². The topological polar surface area (TPSA) is 24.5 Å². The first-order valence-electron chi connectivity index (χ1n) is 7.41. The van der Waals surface area contributed by atoms with E-state index in [2.05, 4.69) is 41.4 Å². The van der Waals surface area contributed by atoms with Gasteiger partial charge in [-0.3, -0.25) is 4.90 Å². The van der Waals surface area contributed by atoms with Gasteiger partial charge in [0.2, 0.25) is 0 Å². The molecule has 114 valence electrons. The molecule has 1 aliphatic rings. The minimum atomic E-state index is 0. The van der Waals surface area contributed by atoms with E-state index in [1.807, 2.05) is 0 Å². The summed E-state index contributed by atoms with van der Waals surface area (Å²) >= 11 is 0. The normalized spacial score (nSPS) is 15.9. The minimum absolute atomic E-state index is 0. The number of hydrogen-bond donors (Lipinski definition) is 1. The van der Waals surface area contributed by atoms with Crippen molar-refractivity contribution in [2.45, 2.75) is 38.8 Å². The fourth-order valence-electron chi connectivity index (χ4n) is 2.82. The lowest BCUT2D eigenvalue weighted by molar-refractivity contribution is 0.154. The summed E-state index contributed by atoms with van der Waals surface area (Å²) < 4.78 is 5.22. The van der Waals surface area contributed by atoms with Gasteiger partial charge in [-0.2, -0.15) is 0 Å². The van der Waals surface area contributed by atoms with Crippen molar-refractivity contribution in [3.63, 3.8) is 0 Å². The molecular formula is C16H27ClN2O. The van der Waals surface area contributed by atoms with Crippen molar-refractivity contribution in [1.29, 1.82) is 0 Å². The third kappa shape index (κ3) is 4.97. The van der Waals surface area contributed by atoms with E-state index in [9.17, 15) is 0 Å². The molecule has 4 heteroatoms. The van der Waals surface area contributed by atoms with E-state index in [1.165, 1.54) is 31.4 Å². The van der Waals surface area contributed by atoms with Crippen molar-refractivity contribution in [2.24, 2.45) is 0 Å². The van der Waals surface area contributed by atoms with Crippen molar-refractivity contribution >= 4 is 12.4 Å². The number of ether oxygens (including phenoxy) is 1. The summed E-state index contributed by atoms with van der Waals surface area (Å²) in [6.07, 6.45) is 3.77. The Bertz CT molecular complexity index is 363. The molecule has 1 aromatic rings. The van der Waals surface area contributed by atoms with Crippen LogP contribution in [0.1, 0.15) is 31.7 Å². The van der Waals surface area contributed by atoms with Gasteiger partial charge in [-0.05, 0) is 56.6 Å². The third-order valence-corrected chi connectivity index (χ3v) is 3.88. The molecule has 0 spiro atoms. The molecule has 0 bridgehead atoms. The maximum atomic E-state index is 5.22. The lowest BCUT2D eigenvalue weighted by Gasteiger charge is -2.34. The van der Waals surface area contributed by atoms with Gasteiger partial charge in [-0.1, -0.05) is 19.1 Å². The maximum Gasteiger partial charge on any atom is 0.118 e. The highest BCUT2D eigenvalue weighted by Gasteiger charge is 2.20. The molecule has 1 saturated heterocycles. The molecule has 1 heterocycles. The van der Waals surface area contributed by atoms with E-state index in [0.717, 1.165) is 31.4 Å². The summed E-state index contributed by atoms with van der Waals surface area (Å²) in [7, 11) is 1.72. The molecule has 1 aromatic carbocycles. The van der Waals surface area contributed by atoms with Crippen molar-refractivity contribution in [3.8, 4) is 5.75 Å². The average Bonchev–Trinajstić information content (AvgIpc) is 2.48. The smallest absolute Gasteiger partial charge is 0.118 e. The molecule has 1 fully saturated rings. The van der Waals surface area contributed by atoms with Gasteiger partial charge in [-0.15, -0.1) is 12.4 Å². The van der Waals surface area contributed by atoms with Gasteiger partial charge in [-0.25, -0.2) is 0 Å². The highest BCUT2D eigenvalue weighted by atomic mass is 35.5. The van der Waals surface area contributed by atoms with Gasteiger partial charge in [0, 0.05) is 12.6 Å². The van der Waals surface area contributed by atoms with Crippen LogP contribution in [0.3, 0.4) is 0 Å². The fraction of sp³-hybridized carbons (Fsp3) is 0.625. The highest BCUT2D eigenvalue weighted by molar-refractivity contribution is 5.85. The van der Waals surface area contributed by atoms with Crippen LogP contribution in [0.5, 0.6) is 5.75 Å². The van der Waals surface area contributed by atoms with E-state index in [4.69, 9.17) is 4.74 Å². The number of halogens is 1. The van der Waals surface area contributed by atoms with E-state index >= 15 is 0 Å². The molecule has 0 atom stereocenters. The largest absolute Gasteiger partial charge is 0.497 e. The lowest BCUT2D eigenvalue weighted by atomic mass is 10.0. The highest BCUT2D eigenvalue weighted by Crippen LogP contribution is 2.18.